The Kier molecular flexibility index (Phi) is 4.84. The van der Waals surface area contributed by atoms with E-state index in [0.29, 0.717) is 10.8 Å². The second-order valence-corrected chi connectivity index (χ2v) is 7.14. The molecule has 0 spiro atoms. The van der Waals surface area contributed by atoms with Crippen molar-refractivity contribution < 1.29 is 17.4 Å². The lowest BCUT2D eigenvalue weighted by atomic mass is 10.3. The Morgan fingerprint density at radius 3 is 2.65 bits per heavy atom. The van der Waals surface area contributed by atoms with Crippen LogP contribution in [0.4, 0.5) is 13.2 Å². The van der Waals surface area contributed by atoms with Gasteiger partial charge in [0.2, 0.25) is 10.9 Å². The van der Waals surface area contributed by atoms with E-state index in [0.717, 1.165) is 10.1 Å². The molecule has 12 heteroatoms. The predicted molar refractivity (Wildman–Crippen MR) is 87.7 cm³/mol. The van der Waals surface area contributed by atoms with E-state index < -0.39 is 33.4 Å². The van der Waals surface area contributed by atoms with Crippen LogP contribution in [0.25, 0.3) is 5.78 Å². The third kappa shape index (κ3) is 3.93. The summed E-state index contributed by atoms with van der Waals surface area (Å²) in [6.07, 6.45) is -3.11. The zero-order chi connectivity index (χ0) is 19.1. The fraction of sp³-hybridized carbons (Fsp3) is 0.286. The van der Waals surface area contributed by atoms with Crippen molar-refractivity contribution in [3.05, 3.63) is 51.2 Å². The number of pyridine rings is 1. The van der Waals surface area contributed by atoms with E-state index in [2.05, 4.69) is 15.1 Å². The van der Waals surface area contributed by atoms with Gasteiger partial charge in [0, 0.05) is 18.0 Å². The molecular formula is C14H11ClF3N5O2S. The number of halogens is 4. The van der Waals surface area contributed by atoms with Crippen LogP contribution in [0.1, 0.15) is 11.3 Å². The first-order valence-electron chi connectivity index (χ1n) is 7.17. The van der Waals surface area contributed by atoms with E-state index in [9.17, 15) is 22.2 Å². The van der Waals surface area contributed by atoms with E-state index in [-0.39, 0.29) is 12.3 Å². The van der Waals surface area contributed by atoms with E-state index in [4.69, 9.17) is 11.6 Å². The number of nitrogens with zero attached hydrogens (tertiary/aromatic N) is 5. The van der Waals surface area contributed by atoms with Crippen LogP contribution < -0.4 is 5.56 Å². The molecule has 0 saturated carbocycles. The maximum absolute atomic E-state index is 12.4. The number of rotatable bonds is 4. The van der Waals surface area contributed by atoms with Gasteiger partial charge in [-0.3, -0.25) is 9.00 Å². The molecule has 0 bridgehead atoms. The van der Waals surface area contributed by atoms with Crippen molar-refractivity contribution in [3.63, 3.8) is 0 Å². The summed E-state index contributed by atoms with van der Waals surface area (Å²) in [5.74, 6) is -1.59. The molecule has 3 rings (SSSR count). The third-order valence-corrected chi connectivity index (χ3v) is 4.80. The number of aromatic nitrogens is 5. The van der Waals surface area contributed by atoms with Gasteiger partial charge in [-0.25, -0.2) is 4.98 Å². The van der Waals surface area contributed by atoms with Crippen LogP contribution in [0.15, 0.2) is 34.3 Å². The largest absolute Gasteiger partial charge is 0.400 e. The van der Waals surface area contributed by atoms with Crippen molar-refractivity contribution >= 4 is 28.2 Å². The molecule has 1 unspecified atom stereocenters. The van der Waals surface area contributed by atoms with Crippen molar-refractivity contribution in [1.82, 2.24) is 24.1 Å². The molecule has 0 aliphatic carbocycles. The SMILES string of the molecule is Cc1cc(=O)n2nc(S(=O)CC(F)(F)F)nc2n1Cc1ccc(Cl)nc1. The van der Waals surface area contributed by atoms with Crippen molar-refractivity contribution in [2.24, 2.45) is 0 Å². The van der Waals surface area contributed by atoms with Gasteiger partial charge in [0.05, 0.1) is 6.54 Å². The normalized spacial score (nSPS) is 13.3. The van der Waals surface area contributed by atoms with Crippen molar-refractivity contribution in [2.45, 2.75) is 24.8 Å². The predicted octanol–water partition coefficient (Wildman–Crippen LogP) is 1.97. The molecule has 7 nitrogen and oxygen atoms in total. The highest BCUT2D eigenvalue weighted by atomic mass is 35.5. The molecule has 26 heavy (non-hydrogen) atoms. The van der Waals surface area contributed by atoms with Gasteiger partial charge < -0.3 is 4.57 Å². The second kappa shape index (κ2) is 6.80. The molecule has 3 heterocycles. The molecule has 3 aromatic heterocycles. The molecule has 0 radical (unpaired) electrons. The first-order chi connectivity index (χ1) is 12.1. The van der Waals surface area contributed by atoms with Gasteiger partial charge in [-0.15, -0.1) is 5.10 Å². The zero-order valence-electron chi connectivity index (χ0n) is 13.2. The van der Waals surface area contributed by atoms with Crippen LogP contribution in [-0.2, 0) is 17.3 Å². The highest BCUT2D eigenvalue weighted by Crippen LogP contribution is 2.19. The van der Waals surface area contributed by atoms with E-state index in [1.165, 1.54) is 12.3 Å². The second-order valence-electron chi connectivity index (χ2n) is 5.41. The Balaban J connectivity index is 2.07. The molecule has 0 aliphatic rings. The Bertz CT molecular complexity index is 1050. The lowest BCUT2D eigenvalue weighted by Gasteiger charge is -2.11. The Morgan fingerprint density at radius 1 is 1.31 bits per heavy atom. The molecule has 3 aromatic rings. The summed E-state index contributed by atoms with van der Waals surface area (Å²) in [7, 11) is -2.51. The minimum absolute atomic E-state index is 0.00419. The molecule has 0 saturated heterocycles. The highest BCUT2D eigenvalue weighted by molar-refractivity contribution is 7.84. The number of alkyl halides is 3. The van der Waals surface area contributed by atoms with Gasteiger partial charge in [-0.2, -0.15) is 22.7 Å². The van der Waals surface area contributed by atoms with Crippen LogP contribution in [-0.4, -0.2) is 40.3 Å². The third-order valence-electron chi connectivity index (χ3n) is 3.41. The molecule has 1 atom stereocenters. The summed E-state index contributed by atoms with van der Waals surface area (Å²) >= 11 is 5.74. The summed E-state index contributed by atoms with van der Waals surface area (Å²) in [5.41, 5.74) is 0.660. The lowest BCUT2D eigenvalue weighted by Crippen LogP contribution is -2.21. The van der Waals surface area contributed by atoms with Gasteiger partial charge in [0.25, 0.3) is 5.56 Å². The molecule has 0 amide bonds. The van der Waals surface area contributed by atoms with Crippen LogP contribution in [0.5, 0.6) is 0 Å². The van der Waals surface area contributed by atoms with Crippen molar-refractivity contribution in [1.29, 1.82) is 0 Å². The number of hydrogen-bond donors (Lipinski definition) is 0. The standard InChI is InChI=1S/C14H11ClF3N5O2S/c1-8-4-11(24)23-13(20-12(21-23)26(25)7-14(16,17)18)22(8)6-9-2-3-10(15)19-5-9/h2-5H,6-7H2,1H3. The smallest absolute Gasteiger partial charge is 0.310 e. The van der Waals surface area contributed by atoms with Crippen molar-refractivity contribution in [2.75, 3.05) is 5.75 Å². The van der Waals surface area contributed by atoms with Gasteiger partial charge in [-0.1, -0.05) is 17.7 Å². The van der Waals surface area contributed by atoms with Crippen molar-refractivity contribution in [3.8, 4) is 0 Å². The summed E-state index contributed by atoms with van der Waals surface area (Å²) in [6.45, 7) is 1.87. The van der Waals surface area contributed by atoms with Gasteiger partial charge in [0.1, 0.15) is 21.7 Å². The summed E-state index contributed by atoms with van der Waals surface area (Å²) in [5, 5.41) is 3.45. The average Bonchev–Trinajstić information content (AvgIpc) is 2.97. The quantitative estimate of drug-likeness (QED) is 0.620. The Morgan fingerprint density at radius 2 is 2.04 bits per heavy atom. The molecule has 138 valence electrons. The first-order valence-corrected chi connectivity index (χ1v) is 8.86. The fourth-order valence-corrected chi connectivity index (χ4v) is 3.17. The Labute approximate surface area is 151 Å². The van der Waals surface area contributed by atoms with E-state index >= 15 is 0 Å². The Hall–Kier alpha value is -2.27. The van der Waals surface area contributed by atoms with Crippen LogP contribution in [0.3, 0.4) is 0 Å². The summed E-state index contributed by atoms with van der Waals surface area (Å²) in [6, 6.07) is 4.56. The minimum Gasteiger partial charge on any atom is -0.310 e. The maximum Gasteiger partial charge on any atom is 0.400 e. The van der Waals surface area contributed by atoms with E-state index in [1.807, 2.05) is 0 Å². The molecule has 0 aliphatic heterocycles. The number of aryl methyl sites for hydroxylation is 1. The van der Waals surface area contributed by atoms with Crippen LogP contribution >= 0.6 is 11.6 Å². The maximum atomic E-state index is 12.4. The molecular weight excluding hydrogens is 395 g/mol. The number of fused-ring (bicyclic) bond motifs is 1. The summed E-state index contributed by atoms with van der Waals surface area (Å²) < 4.78 is 51.6. The summed E-state index contributed by atoms with van der Waals surface area (Å²) in [4.78, 5) is 19.9. The van der Waals surface area contributed by atoms with Gasteiger partial charge in [0.15, 0.2) is 0 Å². The van der Waals surface area contributed by atoms with Crippen LogP contribution in [0.2, 0.25) is 5.15 Å². The molecule has 0 aromatic carbocycles. The zero-order valence-corrected chi connectivity index (χ0v) is 14.8. The topological polar surface area (TPSA) is 82.2 Å². The minimum atomic E-state index is -4.64. The van der Waals surface area contributed by atoms with Gasteiger partial charge >= 0.3 is 6.18 Å². The van der Waals surface area contributed by atoms with Crippen LogP contribution in [0, 0.1) is 6.92 Å². The molecule has 0 N–H and O–H groups in total. The molecule has 0 fully saturated rings. The first kappa shape index (κ1) is 18.5. The highest BCUT2D eigenvalue weighted by Gasteiger charge is 2.33. The van der Waals surface area contributed by atoms with E-state index in [1.54, 1.807) is 23.6 Å². The fourth-order valence-electron chi connectivity index (χ4n) is 2.27. The number of hydrogen-bond acceptors (Lipinski definition) is 5. The lowest BCUT2D eigenvalue weighted by molar-refractivity contribution is -0.105. The van der Waals surface area contributed by atoms with Gasteiger partial charge in [-0.05, 0) is 18.6 Å². The average molecular weight is 406 g/mol. The monoisotopic (exact) mass is 405 g/mol.